The number of benzene rings is 1. The van der Waals surface area contributed by atoms with Crippen LogP contribution in [0, 0.1) is 11.3 Å². The molecule has 0 bridgehead atoms. The Hall–Kier alpha value is -2.06. The average molecular weight is 244 g/mol. The van der Waals surface area contributed by atoms with Gasteiger partial charge in [-0.05, 0) is 38.1 Å². The molecule has 0 radical (unpaired) electrons. The predicted octanol–water partition coefficient (Wildman–Crippen LogP) is 1.43. The third-order valence-corrected chi connectivity index (χ3v) is 3.03. The van der Waals surface area contributed by atoms with Crippen LogP contribution >= 0.6 is 0 Å². The lowest BCUT2D eigenvalue weighted by atomic mass is 10.0. The first-order chi connectivity index (χ1) is 8.61. The summed E-state index contributed by atoms with van der Waals surface area (Å²) in [7, 11) is 0. The first-order valence-electron chi connectivity index (χ1n) is 5.91. The van der Waals surface area contributed by atoms with E-state index in [1.165, 1.54) is 0 Å². The van der Waals surface area contributed by atoms with Gasteiger partial charge in [-0.3, -0.25) is 0 Å². The van der Waals surface area contributed by atoms with Crippen molar-refractivity contribution < 1.29 is 4.79 Å². The molecule has 1 saturated heterocycles. The molecular weight excluding hydrogens is 228 g/mol. The first kappa shape index (κ1) is 12.4. The highest BCUT2D eigenvalue weighted by Crippen LogP contribution is 2.14. The zero-order valence-electron chi connectivity index (χ0n) is 10.3. The lowest BCUT2D eigenvalue weighted by Crippen LogP contribution is -2.49. The van der Waals surface area contributed by atoms with E-state index in [1.807, 2.05) is 13.0 Å². The van der Waals surface area contributed by atoms with Gasteiger partial charge in [-0.2, -0.15) is 5.26 Å². The highest BCUT2D eigenvalue weighted by Gasteiger charge is 2.29. The van der Waals surface area contributed by atoms with E-state index < -0.39 is 0 Å². The van der Waals surface area contributed by atoms with Crippen molar-refractivity contribution in [2.45, 2.75) is 18.9 Å². The lowest BCUT2D eigenvalue weighted by molar-refractivity contribution is 0.241. The van der Waals surface area contributed by atoms with E-state index >= 15 is 0 Å². The fraction of sp³-hybridized carbons (Fsp3) is 0.385. The molecule has 2 amide bonds. The van der Waals surface area contributed by atoms with Gasteiger partial charge in [-0.1, -0.05) is 6.07 Å². The lowest BCUT2D eigenvalue weighted by Gasteiger charge is -2.24. The Morgan fingerprint density at radius 1 is 1.56 bits per heavy atom. The standard InChI is InChI=1S/C13H16N4O/c1-13(5-6-15-9-13)17-12(18)16-11-4-2-3-10(7-11)8-14/h2-4,7,15H,5-6,9H2,1H3,(H2,16,17,18). The van der Waals surface area contributed by atoms with Crippen molar-refractivity contribution in [2.75, 3.05) is 18.4 Å². The van der Waals surface area contributed by atoms with Crippen LogP contribution in [0.5, 0.6) is 0 Å². The molecule has 1 unspecified atom stereocenters. The van der Waals surface area contributed by atoms with Gasteiger partial charge in [-0.25, -0.2) is 4.79 Å². The van der Waals surface area contributed by atoms with E-state index in [-0.39, 0.29) is 11.6 Å². The third-order valence-electron chi connectivity index (χ3n) is 3.03. The van der Waals surface area contributed by atoms with Crippen LogP contribution < -0.4 is 16.0 Å². The number of carbonyl (C=O) groups excluding carboxylic acids is 1. The van der Waals surface area contributed by atoms with Gasteiger partial charge in [0.2, 0.25) is 0 Å². The minimum atomic E-state index is -0.240. The summed E-state index contributed by atoms with van der Waals surface area (Å²) in [5.74, 6) is 0. The van der Waals surface area contributed by atoms with Crippen molar-refractivity contribution in [3.8, 4) is 6.07 Å². The molecule has 0 aromatic heterocycles. The molecule has 1 heterocycles. The quantitative estimate of drug-likeness (QED) is 0.736. The molecule has 1 atom stereocenters. The predicted molar refractivity (Wildman–Crippen MR) is 69.2 cm³/mol. The normalized spacial score (nSPS) is 22.2. The van der Waals surface area contributed by atoms with Crippen LogP contribution in [0.3, 0.4) is 0 Å². The van der Waals surface area contributed by atoms with Gasteiger partial charge in [0.15, 0.2) is 0 Å². The fourth-order valence-electron chi connectivity index (χ4n) is 2.03. The highest BCUT2D eigenvalue weighted by molar-refractivity contribution is 5.90. The molecule has 18 heavy (non-hydrogen) atoms. The summed E-state index contributed by atoms with van der Waals surface area (Å²) in [5.41, 5.74) is 0.958. The molecule has 94 valence electrons. The van der Waals surface area contributed by atoms with Gasteiger partial charge in [0.25, 0.3) is 0 Å². The maximum atomic E-state index is 11.8. The Morgan fingerprint density at radius 3 is 3.06 bits per heavy atom. The minimum Gasteiger partial charge on any atom is -0.331 e. The largest absolute Gasteiger partial charge is 0.331 e. The number of urea groups is 1. The van der Waals surface area contributed by atoms with Crippen LogP contribution in [0.4, 0.5) is 10.5 Å². The molecule has 1 aromatic rings. The minimum absolute atomic E-state index is 0.197. The van der Waals surface area contributed by atoms with Gasteiger partial charge in [-0.15, -0.1) is 0 Å². The number of hydrogen-bond acceptors (Lipinski definition) is 3. The summed E-state index contributed by atoms with van der Waals surface area (Å²) in [6, 6.07) is 8.65. The van der Waals surface area contributed by atoms with Crippen LogP contribution in [0.2, 0.25) is 0 Å². The number of carbonyl (C=O) groups is 1. The molecule has 1 fully saturated rings. The van der Waals surface area contributed by atoms with Gasteiger partial charge in [0.05, 0.1) is 17.2 Å². The average Bonchev–Trinajstić information content (AvgIpc) is 2.75. The smallest absolute Gasteiger partial charge is 0.319 e. The van der Waals surface area contributed by atoms with E-state index in [2.05, 4.69) is 16.0 Å². The number of nitrogens with zero attached hydrogens (tertiary/aromatic N) is 1. The molecule has 0 spiro atoms. The van der Waals surface area contributed by atoms with E-state index in [4.69, 9.17) is 5.26 Å². The van der Waals surface area contributed by atoms with Crippen LogP contribution in [0.1, 0.15) is 18.9 Å². The molecule has 5 nitrogen and oxygen atoms in total. The van der Waals surface area contributed by atoms with Crippen LogP contribution in [-0.2, 0) is 0 Å². The summed E-state index contributed by atoms with van der Waals surface area (Å²) >= 11 is 0. The molecule has 1 aromatic carbocycles. The fourth-order valence-corrected chi connectivity index (χ4v) is 2.03. The Morgan fingerprint density at radius 2 is 2.39 bits per heavy atom. The summed E-state index contributed by atoms with van der Waals surface area (Å²) in [5, 5.41) is 17.7. The molecule has 0 aliphatic carbocycles. The monoisotopic (exact) mass is 244 g/mol. The second kappa shape index (κ2) is 5.07. The van der Waals surface area contributed by atoms with Crippen molar-refractivity contribution in [1.29, 1.82) is 5.26 Å². The number of nitrogens with one attached hydrogen (secondary N) is 3. The van der Waals surface area contributed by atoms with Crippen molar-refractivity contribution in [3.05, 3.63) is 29.8 Å². The van der Waals surface area contributed by atoms with Crippen molar-refractivity contribution in [1.82, 2.24) is 10.6 Å². The SMILES string of the molecule is CC1(NC(=O)Nc2cccc(C#N)c2)CCNC1. The second-order valence-electron chi connectivity index (χ2n) is 4.76. The number of nitriles is 1. The summed E-state index contributed by atoms with van der Waals surface area (Å²) < 4.78 is 0. The molecule has 0 saturated carbocycles. The topological polar surface area (TPSA) is 77.0 Å². The first-order valence-corrected chi connectivity index (χ1v) is 5.91. The van der Waals surface area contributed by atoms with Gasteiger partial charge < -0.3 is 16.0 Å². The number of hydrogen-bond donors (Lipinski definition) is 3. The number of amides is 2. The zero-order chi connectivity index (χ0) is 13.0. The van der Waals surface area contributed by atoms with Gasteiger partial charge in [0, 0.05) is 12.2 Å². The van der Waals surface area contributed by atoms with Crippen LogP contribution in [0.15, 0.2) is 24.3 Å². The number of anilines is 1. The maximum Gasteiger partial charge on any atom is 0.319 e. The van der Waals surface area contributed by atoms with E-state index in [9.17, 15) is 4.79 Å². The van der Waals surface area contributed by atoms with Crippen LogP contribution in [0.25, 0.3) is 0 Å². The third kappa shape index (κ3) is 2.99. The van der Waals surface area contributed by atoms with Gasteiger partial charge >= 0.3 is 6.03 Å². The Labute approximate surface area is 106 Å². The van der Waals surface area contributed by atoms with Crippen LogP contribution in [-0.4, -0.2) is 24.7 Å². The Kier molecular flexibility index (Phi) is 3.49. The second-order valence-corrected chi connectivity index (χ2v) is 4.76. The van der Waals surface area contributed by atoms with E-state index in [0.29, 0.717) is 11.3 Å². The summed E-state index contributed by atoms with van der Waals surface area (Å²) in [6.07, 6.45) is 0.915. The molecule has 2 rings (SSSR count). The zero-order valence-corrected chi connectivity index (χ0v) is 10.3. The molecule has 1 aliphatic rings. The molecule has 5 heteroatoms. The highest BCUT2D eigenvalue weighted by atomic mass is 16.2. The van der Waals surface area contributed by atoms with Gasteiger partial charge in [0.1, 0.15) is 0 Å². The maximum absolute atomic E-state index is 11.8. The Bertz CT molecular complexity index is 486. The van der Waals surface area contributed by atoms with Crippen molar-refractivity contribution >= 4 is 11.7 Å². The number of rotatable bonds is 2. The van der Waals surface area contributed by atoms with Crippen molar-refractivity contribution in [2.24, 2.45) is 0 Å². The summed E-state index contributed by atoms with van der Waals surface area (Å²) in [4.78, 5) is 11.8. The molecule has 1 aliphatic heterocycles. The summed E-state index contributed by atoms with van der Waals surface area (Å²) in [6.45, 7) is 3.71. The molecule has 3 N–H and O–H groups in total. The molecular formula is C13H16N4O. The Balaban J connectivity index is 1.96. The van der Waals surface area contributed by atoms with Crippen molar-refractivity contribution in [3.63, 3.8) is 0 Å². The van der Waals surface area contributed by atoms with E-state index in [1.54, 1.807) is 24.3 Å². The van der Waals surface area contributed by atoms with E-state index in [0.717, 1.165) is 19.5 Å².